The summed E-state index contributed by atoms with van der Waals surface area (Å²) in [6, 6.07) is 5.81. The number of allylic oxidation sites excluding steroid dienone is 6. The fourth-order valence-electron chi connectivity index (χ4n) is 2.27. The van der Waals surface area contributed by atoms with E-state index in [0.29, 0.717) is 0 Å². The van der Waals surface area contributed by atoms with E-state index >= 15 is 0 Å². The zero-order chi connectivity index (χ0) is 14.1. The summed E-state index contributed by atoms with van der Waals surface area (Å²) >= 11 is 6.08. The molecule has 0 atom stereocenters. The summed E-state index contributed by atoms with van der Waals surface area (Å²) in [7, 11) is 2.01. The molecule has 100 valence electrons. The van der Waals surface area contributed by atoms with Crippen molar-refractivity contribution in [2.45, 2.75) is 6.92 Å². The minimum absolute atomic E-state index is 0.742. The van der Waals surface area contributed by atoms with Crippen molar-refractivity contribution >= 4 is 28.6 Å². The molecule has 0 spiro atoms. The Morgan fingerprint density at radius 2 is 1.90 bits per heavy atom. The Bertz CT molecular complexity index is 690. The number of fused-ring (bicyclic) bond motifs is 1. The van der Waals surface area contributed by atoms with E-state index < -0.39 is 0 Å². The molecule has 3 heteroatoms. The molecule has 0 bridgehead atoms. The van der Waals surface area contributed by atoms with Crippen LogP contribution in [0, 0.1) is 0 Å². The van der Waals surface area contributed by atoms with E-state index in [4.69, 9.17) is 11.6 Å². The number of hydrogen-bond acceptors (Lipinski definition) is 2. The largest absolute Gasteiger partial charge is 0.357 e. The van der Waals surface area contributed by atoms with Crippen LogP contribution < -0.4 is 0 Å². The molecular weight excluding hydrogens is 268 g/mol. The average molecular weight is 283 g/mol. The molecular formula is C17H15ClN2. The van der Waals surface area contributed by atoms with Crippen LogP contribution in [0.3, 0.4) is 0 Å². The van der Waals surface area contributed by atoms with Gasteiger partial charge in [-0.05, 0) is 42.8 Å². The minimum atomic E-state index is 0.742. The van der Waals surface area contributed by atoms with Gasteiger partial charge in [0, 0.05) is 41.3 Å². The third-order valence-corrected chi connectivity index (χ3v) is 3.61. The van der Waals surface area contributed by atoms with Crippen LogP contribution in [0.5, 0.6) is 0 Å². The molecule has 0 aromatic heterocycles. The predicted octanol–water partition coefficient (Wildman–Crippen LogP) is 4.73. The lowest BCUT2D eigenvalue weighted by atomic mass is 10.0. The van der Waals surface area contributed by atoms with Crippen LogP contribution >= 0.6 is 11.6 Å². The topological polar surface area (TPSA) is 15.6 Å². The molecule has 1 aromatic rings. The van der Waals surface area contributed by atoms with E-state index in [2.05, 4.69) is 29.3 Å². The van der Waals surface area contributed by atoms with Gasteiger partial charge in [0.2, 0.25) is 0 Å². The lowest BCUT2D eigenvalue weighted by Gasteiger charge is -2.11. The maximum Gasteiger partial charge on any atom is 0.0713 e. The summed E-state index contributed by atoms with van der Waals surface area (Å²) in [4.78, 5) is 6.58. The van der Waals surface area contributed by atoms with Gasteiger partial charge < -0.3 is 4.90 Å². The molecule has 0 N–H and O–H groups in total. The normalized spacial score (nSPS) is 18.6. The van der Waals surface area contributed by atoms with Crippen LogP contribution in [0.15, 0.2) is 65.5 Å². The van der Waals surface area contributed by atoms with Crippen molar-refractivity contribution in [3.05, 3.63) is 71.1 Å². The van der Waals surface area contributed by atoms with E-state index in [-0.39, 0.29) is 0 Å². The molecule has 0 saturated carbocycles. The summed E-state index contributed by atoms with van der Waals surface area (Å²) in [6.07, 6.45) is 12.4. The summed E-state index contributed by atoms with van der Waals surface area (Å²) in [5.41, 5.74) is 5.42. The summed E-state index contributed by atoms with van der Waals surface area (Å²) < 4.78 is 0. The molecule has 0 fully saturated rings. The second-order valence-electron chi connectivity index (χ2n) is 4.90. The highest BCUT2D eigenvalue weighted by atomic mass is 35.5. The molecule has 2 aliphatic rings. The fourth-order valence-corrected chi connectivity index (χ4v) is 2.44. The molecule has 2 nitrogen and oxygen atoms in total. The van der Waals surface area contributed by atoms with Crippen molar-refractivity contribution in [2.24, 2.45) is 4.99 Å². The first-order valence-corrected chi connectivity index (χ1v) is 6.87. The predicted molar refractivity (Wildman–Crippen MR) is 86.3 cm³/mol. The Balaban J connectivity index is 1.96. The van der Waals surface area contributed by atoms with Crippen molar-refractivity contribution in [2.75, 3.05) is 7.05 Å². The Morgan fingerprint density at radius 3 is 2.65 bits per heavy atom. The molecule has 0 amide bonds. The third-order valence-electron chi connectivity index (χ3n) is 3.37. The molecule has 0 unspecified atom stereocenters. The summed E-state index contributed by atoms with van der Waals surface area (Å²) in [6.45, 7) is 2.03. The van der Waals surface area contributed by atoms with Crippen molar-refractivity contribution < 1.29 is 0 Å². The minimum Gasteiger partial charge on any atom is -0.357 e. The number of nitrogens with zero attached hydrogens (tertiary/aromatic N) is 2. The van der Waals surface area contributed by atoms with Crippen LogP contribution in [0.25, 0.3) is 5.57 Å². The van der Waals surface area contributed by atoms with E-state index in [1.54, 1.807) is 0 Å². The molecule has 0 saturated heterocycles. The molecule has 2 heterocycles. The zero-order valence-corrected chi connectivity index (χ0v) is 12.2. The molecule has 1 aromatic carbocycles. The number of rotatable bonds is 1. The Hall–Kier alpha value is -2.06. The van der Waals surface area contributed by atoms with Gasteiger partial charge in [-0.3, -0.25) is 4.99 Å². The van der Waals surface area contributed by atoms with E-state index in [1.807, 2.05) is 49.5 Å². The van der Waals surface area contributed by atoms with Crippen LogP contribution in [-0.4, -0.2) is 17.7 Å². The highest BCUT2D eigenvalue weighted by molar-refractivity contribution is 6.33. The maximum atomic E-state index is 6.08. The zero-order valence-electron chi connectivity index (χ0n) is 11.5. The van der Waals surface area contributed by atoms with Crippen molar-refractivity contribution in [1.29, 1.82) is 0 Å². The van der Waals surface area contributed by atoms with Crippen molar-refractivity contribution in [3.8, 4) is 0 Å². The van der Waals surface area contributed by atoms with E-state index in [0.717, 1.165) is 27.6 Å². The van der Waals surface area contributed by atoms with Crippen LogP contribution in [0.4, 0.5) is 5.69 Å². The van der Waals surface area contributed by atoms with E-state index in [9.17, 15) is 0 Å². The first-order valence-electron chi connectivity index (χ1n) is 6.49. The van der Waals surface area contributed by atoms with Gasteiger partial charge in [0.25, 0.3) is 0 Å². The Morgan fingerprint density at radius 1 is 1.15 bits per heavy atom. The smallest absolute Gasteiger partial charge is 0.0713 e. The Kier molecular flexibility index (Phi) is 3.33. The highest BCUT2D eigenvalue weighted by Crippen LogP contribution is 2.36. The van der Waals surface area contributed by atoms with Gasteiger partial charge in [0.1, 0.15) is 0 Å². The molecule has 0 radical (unpaired) electrons. The van der Waals surface area contributed by atoms with Gasteiger partial charge in [-0.25, -0.2) is 0 Å². The average Bonchev–Trinajstić information content (AvgIpc) is 2.73. The van der Waals surface area contributed by atoms with Gasteiger partial charge >= 0.3 is 0 Å². The standard InChI is InChI=1S/C17H15ClN2/c1-12-15(5-3-13-7-9-20(2)10-8-13)16-11-14(18)4-6-17(16)19-12/h3-11H,1-2H3/b15-5-. The van der Waals surface area contributed by atoms with Gasteiger partial charge in [-0.2, -0.15) is 0 Å². The van der Waals surface area contributed by atoms with Crippen LogP contribution in [0.2, 0.25) is 5.02 Å². The van der Waals surface area contributed by atoms with Crippen LogP contribution in [-0.2, 0) is 0 Å². The lowest BCUT2D eigenvalue weighted by Crippen LogP contribution is -2.02. The monoisotopic (exact) mass is 282 g/mol. The van der Waals surface area contributed by atoms with E-state index in [1.165, 1.54) is 5.57 Å². The maximum absolute atomic E-state index is 6.08. The van der Waals surface area contributed by atoms with Gasteiger partial charge in [0.15, 0.2) is 0 Å². The quantitative estimate of drug-likeness (QED) is 0.727. The lowest BCUT2D eigenvalue weighted by molar-refractivity contribution is 0.620. The van der Waals surface area contributed by atoms with Gasteiger partial charge in [0.05, 0.1) is 5.69 Å². The van der Waals surface area contributed by atoms with Gasteiger partial charge in [-0.15, -0.1) is 0 Å². The van der Waals surface area contributed by atoms with Crippen LogP contribution in [0.1, 0.15) is 12.5 Å². The Labute approximate surface area is 124 Å². The summed E-state index contributed by atoms with van der Waals surface area (Å²) in [5, 5.41) is 0.742. The molecule has 20 heavy (non-hydrogen) atoms. The number of hydrogen-bond donors (Lipinski definition) is 0. The highest BCUT2D eigenvalue weighted by Gasteiger charge is 2.17. The van der Waals surface area contributed by atoms with Gasteiger partial charge in [-0.1, -0.05) is 23.8 Å². The SMILES string of the molecule is CC1=Nc2ccc(Cl)cc2/C1=C\C=C1C=CN(C)C=C1. The van der Waals surface area contributed by atoms with Crippen molar-refractivity contribution in [1.82, 2.24) is 4.90 Å². The second-order valence-corrected chi connectivity index (χ2v) is 5.34. The number of aliphatic imine (C=N–C) groups is 1. The first-order chi connectivity index (χ1) is 9.63. The number of benzene rings is 1. The van der Waals surface area contributed by atoms with Crippen molar-refractivity contribution in [3.63, 3.8) is 0 Å². The third kappa shape index (κ3) is 2.47. The summed E-state index contributed by atoms with van der Waals surface area (Å²) in [5.74, 6) is 0. The molecule has 3 rings (SSSR count). The fraction of sp³-hybridized carbons (Fsp3) is 0.118. The molecule has 2 aliphatic heterocycles. The first kappa shape index (κ1) is 12.9. The molecule has 0 aliphatic carbocycles. The second kappa shape index (κ2) is 5.14. The number of halogens is 1.